The predicted molar refractivity (Wildman–Crippen MR) is 67.9 cm³/mol. The van der Waals surface area contributed by atoms with Crippen molar-refractivity contribution < 1.29 is 19.1 Å². The summed E-state index contributed by atoms with van der Waals surface area (Å²) >= 11 is 0. The standard InChI is InChI=1S/C14H20O4/c1-4-6-7-9-14(8-5-2)10-11(12(15)17-3)13(16)18-14/h5,10H,2,4,6-9H2,1,3H3. The number of methoxy groups -OCH3 is 1. The fraction of sp³-hybridized carbons (Fsp3) is 0.571. The molecule has 1 heterocycles. The lowest BCUT2D eigenvalue weighted by Crippen LogP contribution is -2.27. The van der Waals surface area contributed by atoms with Crippen LogP contribution in [0.2, 0.25) is 0 Å². The van der Waals surface area contributed by atoms with Gasteiger partial charge < -0.3 is 9.47 Å². The number of rotatable bonds is 7. The molecule has 0 aromatic heterocycles. The van der Waals surface area contributed by atoms with Crippen LogP contribution in [0.15, 0.2) is 24.3 Å². The van der Waals surface area contributed by atoms with E-state index in [0.717, 1.165) is 19.3 Å². The number of carbonyl (C=O) groups is 2. The van der Waals surface area contributed by atoms with Crippen molar-refractivity contribution in [3.05, 3.63) is 24.3 Å². The van der Waals surface area contributed by atoms with E-state index in [0.29, 0.717) is 12.8 Å². The molecule has 18 heavy (non-hydrogen) atoms. The second-order valence-corrected chi connectivity index (χ2v) is 4.45. The Morgan fingerprint density at radius 3 is 2.83 bits per heavy atom. The third-order valence-electron chi connectivity index (χ3n) is 3.02. The van der Waals surface area contributed by atoms with Crippen molar-refractivity contribution in [2.45, 2.75) is 44.6 Å². The predicted octanol–water partition coefficient (Wildman–Crippen LogP) is 2.54. The van der Waals surface area contributed by atoms with Gasteiger partial charge in [0.05, 0.1) is 7.11 Å². The van der Waals surface area contributed by atoms with Crippen LogP contribution in [0.4, 0.5) is 0 Å². The van der Waals surface area contributed by atoms with E-state index in [1.54, 1.807) is 12.2 Å². The summed E-state index contributed by atoms with van der Waals surface area (Å²) in [5.74, 6) is -1.23. The summed E-state index contributed by atoms with van der Waals surface area (Å²) in [6.45, 7) is 5.78. The molecule has 1 atom stereocenters. The summed E-state index contributed by atoms with van der Waals surface area (Å²) in [5.41, 5.74) is -0.715. The molecule has 0 N–H and O–H groups in total. The third kappa shape index (κ3) is 3.22. The first-order valence-corrected chi connectivity index (χ1v) is 6.24. The fourth-order valence-corrected chi connectivity index (χ4v) is 2.09. The van der Waals surface area contributed by atoms with E-state index in [1.165, 1.54) is 7.11 Å². The Labute approximate surface area is 108 Å². The van der Waals surface area contributed by atoms with Crippen LogP contribution in [0, 0.1) is 0 Å². The minimum Gasteiger partial charge on any atom is -0.465 e. The van der Waals surface area contributed by atoms with E-state index < -0.39 is 17.5 Å². The Morgan fingerprint density at radius 2 is 2.28 bits per heavy atom. The van der Waals surface area contributed by atoms with Gasteiger partial charge in [-0.05, 0) is 18.9 Å². The molecule has 0 bridgehead atoms. The van der Waals surface area contributed by atoms with Crippen molar-refractivity contribution in [1.29, 1.82) is 0 Å². The summed E-state index contributed by atoms with van der Waals surface area (Å²) in [5, 5.41) is 0. The van der Waals surface area contributed by atoms with Crippen molar-refractivity contribution in [3.63, 3.8) is 0 Å². The molecule has 0 amide bonds. The van der Waals surface area contributed by atoms with Gasteiger partial charge in [0.25, 0.3) is 0 Å². The lowest BCUT2D eigenvalue weighted by molar-refractivity contribution is -0.150. The highest BCUT2D eigenvalue weighted by molar-refractivity contribution is 6.15. The second kappa shape index (κ2) is 6.38. The van der Waals surface area contributed by atoms with Crippen molar-refractivity contribution in [2.75, 3.05) is 7.11 Å². The molecule has 0 aromatic carbocycles. The summed E-state index contributed by atoms with van der Waals surface area (Å²) in [4.78, 5) is 23.1. The average molecular weight is 252 g/mol. The maximum Gasteiger partial charge on any atom is 0.346 e. The molecule has 0 saturated heterocycles. The molecule has 1 unspecified atom stereocenters. The summed E-state index contributed by atoms with van der Waals surface area (Å²) in [6.07, 6.45) is 7.63. The molecule has 0 saturated carbocycles. The smallest absolute Gasteiger partial charge is 0.346 e. The zero-order chi connectivity index (χ0) is 13.6. The van der Waals surface area contributed by atoms with Crippen molar-refractivity contribution in [1.82, 2.24) is 0 Å². The Balaban J connectivity index is 2.86. The SMILES string of the molecule is C=CCC1(CCCCC)C=C(C(=O)OC)C(=O)O1. The molecule has 4 heteroatoms. The van der Waals surface area contributed by atoms with Gasteiger partial charge in [-0.3, -0.25) is 0 Å². The van der Waals surface area contributed by atoms with E-state index in [4.69, 9.17) is 4.74 Å². The second-order valence-electron chi connectivity index (χ2n) is 4.45. The highest BCUT2D eigenvalue weighted by atomic mass is 16.6. The van der Waals surface area contributed by atoms with Gasteiger partial charge in [-0.25, -0.2) is 9.59 Å². The lowest BCUT2D eigenvalue weighted by atomic mass is 9.92. The molecule has 1 aliphatic heterocycles. The maximum absolute atomic E-state index is 11.7. The lowest BCUT2D eigenvalue weighted by Gasteiger charge is -2.24. The first kappa shape index (κ1) is 14.5. The van der Waals surface area contributed by atoms with Gasteiger partial charge >= 0.3 is 11.9 Å². The zero-order valence-corrected chi connectivity index (χ0v) is 11.0. The van der Waals surface area contributed by atoms with Crippen molar-refractivity contribution >= 4 is 11.9 Å². The van der Waals surface area contributed by atoms with Crippen LogP contribution in [0.25, 0.3) is 0 Å². The van der Waals surface area contributed by atoms with Gasteiger partial charge in [0.15, 0.2) is 0 Å². The first-order chi connectivity index (χ1) is 8.58. The number of carbonyl (C=O) groups excluding carboxylic acids is 2. The minimum atomic E-state index is -0.711. The molecule has 4 nitrogen and oxygen atoms in total. The third-order valence-corrected chi connectivity index (χ3v) is 3.02. The number of ether oxygens (including phenoxy) is 2. The number of cyclic esters (lactones) is 1. The molecule has 0 aromatic rings. The van der Waals surface area contributed by atoms with Gasteiger partial charge in [0.1, 0.15) is 11.2 Å². The van der Waals surface area contributed by atoms with E-state index in [-0.39, 0.29) is 5.57 Å². The van der Waals surface area contributed by atoms with Crippen LogP contribution < -0.4 is 0 Å². The quantitative estimate of drug-likeness (QED) is 0.302. The summed E-state index contributed by atoms with van der Waals surface area (Å²) in [7, 11) is 1.25. The Kier molecular flexibility index (Phi) is 5.13. The van der Waals surface area contributed by atoms with Gasteiger partial charge in [0.2, 0.25) is 0 Å². The molecule has 0 spiro atoms. The Hall–Kier alpha value is -1.58. The molecule has 100 valence electrons. The van der Waals surface area contributed by atoms with Crippen LogP contribution in [0.5, 0.6) is 0 Å². The van der Waals surface area contributed by atoms with Crippen LogP contribution in [-0.4, -0.2) is 24.6 Å². The van der Waals surface area contributed by atoms with Crippen molar-refractivity contribution in [3.8, 4) is 0 Å². The molecular weight excluding hydrogens is 232 g/mol. The van der Waals surface area contributed by atoms with Gasteiger partial charge in [-0.15, -0.1) is 6.58 Å². The first-order valence-electron chi connectivity index (χ1n) is 6.24. The Bertz CT molecular complexity index is 370. The molecular formula is C14H20O4. The molecule has 1 aliphatic rings. The maximum atomic E-state index is 11.7. The zero-order valence-electron chi connectivity index (χ0n) is 11.0. The minimum absolute atomic E-state index is 0.00384. The number of hydrogen-bond donors (Lipinski definition) is 0. The summed E-state index contributed by atoms with van der Waals surface area (Å²) < 4.78 is 9.94. The monoisotopic (exact) mass is 252 g/mol. The Morgan fingerprint density at radius 1 is 1.56 bits per heavy atom. The molecule has 1 rings (SSSR count). The highest BCUT2D eigenvalue weighted by Gasteiger charge is 2.41. The van der Waals surface area contributed by atoms with Crippen LogP contribution >= 0.6 is 0 Å². The van der Waals surface area contributed by atoms with E-state index in [2.05, 4.69) is 18.2 Å². The number of esters is 2. The highest BCUT2D eigenvalue weighted by Crippen LogP contribution is 2.33. The van der Waals surface area contributed by atoms with Crippen molar-refractivity contribution in [2.24, 2.45) is 0 Å². The van der Waals surface area contributed by atoms with Gasteiger partial charge in [0, 0.05) is 6.42 Å². The van der Waals surface area contributed by atoms with Crippen LogP contribution in [-0.2, 0) is 19.1 Å². The molecule has 0 fully saturated rings. The summed E-state index contributed by atoms with van der Waals surface area (Å²) in [6, 6.07) is 0. The van der Waals surface area contributed by atoms with Crippen LogP contribution in [0.1, 0.15) is 39.0 Å². The topological polar surface area (TPSA) is 52.6 Å². The molecule has 0 aliphatic carbocycles. The van der Waals surface area contributed by atoms with E-state index in [9.17, 15) is 9.59 Å². The largest absolute Gasteiger partial charge is 0.465 e. The van der Waals surface area contributed by atoms with Gasteiger partial charge in [-0.1, -0.05) is 25.8 Å². The fourth-order valence-electron chi connectivity index (χ4n) is 2.09. The van der Waals surface area contributed by atoms with Gasteiger partial charge in [-0.2, -0.15) is 0 Å². The van der Waals surface area contributed by atoms with Crippen LogP contribution in [0.3, 0.4) is 0 Å². The number of unbranched alkanes of at least 4 members (excludes halogenated alkanes) is 2. The van der Waals surface area contributed by atoms with E-state index >= 15 is 0 Å². The number of hydrogen-bond acceptors (Lipinski definition) is 4. The normalized spacial score (nSPS) is 22.3. The van der Waals surface area contributed by atoms with E-state index in [1.807, 2.05) is 0 Å². The average Bonchev–Trinajstić information content (AvgIpc) is 2.67. The molecule has 0 radical (unpaired) electrons.